The van der Waals surface area contributed by atoms with Crippen molar-refractivity contribution in [3.05, 3.63) is 59.7 Å². The summed E-state index contributed by atoms with van der Waals surface area (Å²) < 4.78 is 27.2. The summed E-state index contributed by atoms with van der Waals surface area (Å²) >= 11 is 0. The van der Waals surface area contributed by atoms with Crippen LogP contribution in [0.4, 0.5) is 5.69 Å². The highest BCUT2D eigenvalue weighted by Gasteiger charge is 2.24. The number of carbonyl (C=O) groups is 1. The van der Waals surface area contributed by atoms with Crippen LogP contribution in [0.3, 0.4) is 0 Å². The Labute approximate surface area is 180 Å². The maximum absolute atomic E-state index is 12.9. The first-order chi connectivity index (χ1) is 14.2. The minimum absolute atomic E-state index is 0.0496. The molecule has 0 saturated carbocycles. The van der Waals surface area contributed by atoms with Crippen molar-refractivity contribution in [2.75, 3.05) is 25.0 Å². The number of rotatable bonds is 10. The van der Waals surface area contributed by atoms with Gasteiger partial charge in [-0.1, -0.05) is 64.1 Å². The second-order valence-electron chi connectivity index (χ2n) is 7.63. The molecule has 2 aromatic rings. The van der Waals surface area contributed by atoms with Crippen molar-refractivity contribution < 1.29 is 13.2 Å². The number of sulfonamides is 1. The molecule has 2 aromatic carbocycles. The van der Waals surface area contributed by atoms with Crippen LogP contribution in [0.15, 0.2) is 53.4 Å². The van der Waals surface area contributed by atoms with Crippen LogP contribution in [-0.2, 0) is 14.8 Å². The molecule has 0 saturated heterocycles. The van der Waals surface area contributed by atoms with Crippen molar-refractivity contribution in [2.45, 2.75) is 45.6 Å². The zero-order chi connectivity index (χ0) is 22.3. The summed E-state index contributed by atoms with van der Waals surface area (Å²) in [4.78, 5) is 12.8. The van der Waals surface area contributed by atoms with Gasteiger partial charge < -0.3 is 10.6 Å². The molecule has 164 valence electrons. The average molecular weight is 432 g/mol. The Morgan fingerprint density at radius 3 is 2.23 bits per heavy atom. The minimum Gasteiger partial charge on any atom is -0.325 e. The monoisotopic (exact) mass is 431 g/mol. The number of amides is 1. The van der Waals surface area contributed by atoms with Crippen molar-refractivity contribution in [3.63, 3.8) is 0 Å². The van der Waals surface area contributed by atoms with Gasteiger partial charge in [0, 0.05) is 24.8 Å². The molecule has 0 aliphatic heterocycles. The number of hydrogen-bond donors (Lipinski definition) is 2. The molecule has 30 heavy (non-hydrogen) atoms. The smallest absolute Gasteiger partial charge is 0.243 e. The highest BCUT2D eigenvalue weighted by Crippen LogP contribution is 2.24. The quantitative estimate of drug-likeness (QED) is 0.597. The molecule has 7 heteroatoms. The van der Waals surface area contributed by atoms with Gasteiger partial charge in [-0.05, 0) is 36.1 Å². The number of hydrogen-bond acceptors (Lipinski definition) is 4. The summed E-state index contributed by atoms with van der Waals surface area (Å²) in [5, 5.41) is 6.13. The Hall–Kier alpha value is -2.22. The number of anilines is 1. The van der Waals surface area contributed by atoms with E-state index in [2.05, 4.69) is 24.5 Å². The van der Waals surface area contributed by atoms with Gasteiger partial charge in [-0.3, -0.25) is 4.79 Å². The molecule has 0 fully saturated rings. The van der Waals surface area contributed by atoms with E-state index in [9.17, 15) is 13.2 Å². The van der Waals surface area contributed by atoms with Crippen LogP contribution >= 0.6 is 0 Å². The van der Waals surface area contributed by atoms with Crippen molar-refractivity contribution in [1.82, 2.24) is 9.62 Å². The molecule has 0 aliphatic carbocycles. The zero-order valence-electron chi connectivity index (χ0n) is 18.5. The van der Waals surface area contributed by atoms with E-state index in [1.54, 1.807) is 19.1 Å². The number of nitrogens with one attached hydrogen (secondary N) is 2. The highest BCUT2D eigenvalue weighted by molar-refractivity contribution is 7.89. The molecule has 0 aliphatic rings. The fourth-order valence-electron chi connectivity index (χ4n) is 3.47. The van der Waals surface area contributed by atoms with Crippen LogP contribution in [-0.4, -0.2) is 38.3 Å². The molecule has 2 rings (SSSR count). The van der Waals surface area contributed by atoms with E-state index >= 15 is 0 Å². The van der Waals surface area contributed by atoms with Crippen molar-refractivity contribution >= 4 is 21.6 Å². The predicted octanol–water partition coefficient (Wildman–Crippen LogP) is 3.95. The molecular formula is C23H33N3O3S. The lowest BCUT2D eigenvalue weighted by atomic mass is 9.96. The predicted molar refractivity (Wildman–Crippen MR) is 122 cm³/mol. The zero-order valence-corrected chi connectivity index (χ0v) is 19.3. The number of nitrogens with zero attached hydrogens (tertiary/aromatic N) is 1. The average Bonchev–Trinajstić information content (AvgIpc) is 2.70. The van der Waals surface area contributed by atoms with E-state index in [0.717, 1.165) is 5.56 Å². The van der Waals surface area contributed by atoms with Gasteiger partial charge in [0.25, 0.3) is 0 Å². The third-order valence-electron chi connectivity index (χ3n) is 5.10. The molecule has 0 aromatic heterocycles. The van der Waals surface area contributed by atoms with Crippen LogP contribution in [0.25, 0.3) is 0 Å². The van der Waals surface area contributed by atoms with Gasteiger partial charge in [-0.2, -0.15) is 4.31 Å². The van der Waals surface area contributed by atoms with E-state index in [1.807, 2.05) is 44.2 Å². The molecule has 1 atom stereocenters. The lowest BCUT2D eigenvalue weighted by Crippen LogP contribution is -2.34. The van der Waals surface area contributed by atoms with Gasteiger partial charge in [0.2, 0.25) is 15.9 Å². The summed E-state index contributed by atoms with van der Waals surface area (Å²) in [5.74, 6) is 0.0945. The fourth-order valence-corrected chi connectivity index (χ4v) is 5.17. The highest BCUT2D eigenvalue weighted by atomic mass is 32.2. The van der Waals surface area contributed by atoms with Crippen LogP contribution in [0, 0.1) is 12.8 Å². The Bertz CT molecular complexity index is 939. The van der Waals surface area contributed by atoms with E-state index < -0.39 is 10.0 Å². The molecule has 0 bridgehead atoms. The Balaban J connectivity index is 2.12. The standard InChI is InChI=1S/C23H33N3O3S/c1-6-26(7-2)30(28,29)21-15-20(14-13-18(21)5)25-22(27)16-24-23(17(3)4)19-11-9-8-10-12-19/h8-15,17,23-24H,6-7,16H2,1-5H3,(H,25,27)/t23-/m1/s1. The van der Waals surface area contributed by atoms with Crippen LogP contribution in [0.1, 0.15) is 44.9 Å². The first kappa shape index (κ1) is 24.1. The first-order valence-corrected chi connectivity index (χ1v) is 11.8. The minimum atomic E-state index is -3.60. The van der Waals surface area contributed by atoms with Crippen LogP contribution < -0.4 is 10.6 Å². The summed E-state index contributed by atoms with van der Waals surface area (Å²) in [7, 11) is -3.60. The number of aryl methyl sites for hydroxylation is 1. The first-order valence-electron chi connectivity index (χ1n) is 10.4. The van der Waals surface area contributed by atoms with E-state index in [1.165, 1.54) is 10.4 Å². The summed E-state index contributed by atoms with van der Waals surface area (Å²) in [6.07, 6.45) is 0. The Kier molecular flexibility index (Phi) is 8.58. The lowest BCUT2D eigenvalue weighted by Gasteiger charge is -2.23. The van der Waals surface area contributed by atoms with Crippen molar-refractivity contribution in [1.29, 1.82) is 0 Å². The maximum Gasteiger partial charge on any atom is 0.243 e. The van der Waals surface area contributed by atoms with Crippen LogP contribution in [0.2, 0.25) is 0 Å². The molecule has 0 heterocycles. The summed E-state index contributed by atoms with van der Waals surface area (Å²) in [6.45, 7) is 10.5. The second-order valence-corrected chi connectivity index (χ2v) is 9.54. The third kappa shape index (κ3) is 5.90. The molecule has 6 nitrogen and oxygen atoms in total. The Morgan fingerprint density at radius 1 is 1.03 bits per heavy atom. The molecule has 0 spiro atoms. The molecule has 0 radical (unpaired) electrons. The summed E-state index contributed by atoms with van der Waals surface area (Å²) in [5.41, 5.74) is 2.25. The molecule has 0 unspecified atom stereocenters. The lowest BCUT2D eigenvalue weighted by molar-refractivity contribution is -0.115. The normalized spacial score (nSPS) is 12.9. The number of carbonyl (C=O) groups excluding carboxylic acids is 1. The SMILES string of the molecule is CCN(CC)S(=O)(=O)c1cc(NC(=O)CN[C@@H](c2ccccc2)C(C)C)ccc1C. The van der Waals surface area contributed by atoms with Crippen LogP contribution in [0.5, 0.6) is 0 Å². The second kappa shape index (κ2) is 10.7. The topological polar surface area (TPSA) is 78.5 Å². The number of benzene rings is 2. The van der Waals surface area contributed by atoms with E-state index in [0.29, 0.717) is 30.3 Å². The van der Waals surface area contributed by atoms with Gasteiger partial charge in [-0.15, -0.1) is 0 Å². The largest absolute Gasteiger partial charge is 0.325 e. The van der Waals surface area contributed by atoms with E-state index in [4.69, 9.17) is 0 Å². The maximum atomic E-state index is 12.9. The summed E-state index contributed by atoms with van der Waals surface area (Å²) in [6, 6.07) is 15.1. The van der Waals surface area contributed by atoms with Crippen molar-refractivity contribution in [2.24, 2.45) is 5.92 Å². The van der Waals surface area contributed by atoms with Crippen molar-refractivity contribution in [3.8, 4) is 0 Å². The van der Waals surface area contributed by atoms with E-state index in [-0.39, 0.29) is 23.4 Å². The molecule has 2 N–H and O–H groups in total. The Morgan fingerprint density at radius 2 is 1.67 bits per heavy atom. The third-order valence-corrected chi connectivity index (χ3v) is 7.29. The molecule has 1 amide bonds. The van der Waals surface area contributed by atoms with Gasteiger partial charge in [0.05, 0.1) is 11.4 Å². The fraction of sp³-hybridized carbons (Fsp3) is 0.435. The molecular weight excluding hydrogens is 398 g/mol. The van der Waals surface area contributed by atoms with Gasteiger partial charge in [0.15, 0.2) is 0 Å². The van der Waals surface area contributed by atoms with Gasteiger partial charge in [-0.25, -0.2) is 8.42 Å². The van der Waals surface area contributed by atoms with Gasteiger partial charge >= 0.3 is 0 Å². The van der Waals surface area contributed by atoms with Gasteiger partial charge in [0.1, 0.15) is 0 Å².